The molecule has 1 amide bonds. The molecule has 0 fully saturated rings. The van der Waals surface area contributed by atoms with Gasteiger partial charge in [0.15, 0.2) is 5.82 Å². The predicted octanol–water partition coefficient (Wildman–Crippen LogP) is -0.385. The van der Waals surface area contributed by atoms with Crippen molar-refractivity contribution in [1.82, 2.24) is 19.9 Å². The number of amides is 1. The maximum absolute atomic E-state index is 10.9. The number of hydrogen-bond acceptors (Lipinski definition) is 6. The minimum atomic E-state index is -0.664. The van der Waals surface area contributed by atoms with E-state index in [2.05, 4.69) is 19.9 Å². The van der Waals surface area contributed by atoms with Gasteiger partial charge in [-0.1, -0.05) is 0 Å². The van der Waals surface area contributed by atoms with Gasteiger partial charge in [0, 0.05) is 18.6 Å². The van der Waals surface area contributed by atoms with Crippen LogP contribution in [0.1, 0.15) is 10.4 Å². The van der Waals surface area contributed by atoms with Crippen LogP contribution in [0, 0.1) is 0 Å². The molecule has 2 rings (SSSR count). The van der Waals surface area contributed by atoms with Crippen LogP contribution in [0.2, 0.25) is 0 Å². The smallest absolute Gasteiger partial charge is 0.254 e. The molecule has 0 bridgehead atoms. The molecule has 0 spiro atoms. The Morgan fingerprint density at radius 1 is 1.19 bits per heavy atom. The first kappa shape index (κ1) is 9.97. The Balaban J connectivity index is 2.46. The molecule has 4 N–H and O–H groups in total. The molecule has 0 unspecified atom stereocenters. The Bertz CT molecular complexity index is 527. The number of nitrogen functional groups attached to an aromatic ring is 1. The topological polar surface area (TPSA) is 121 Å². The van der Waals surface area contributed by atoms with E-state index in [0.29, 0.717) is 11.5 Å². The minimum absolute atomic E-state index is 0.0307. The van der Waals surface area contributed by atoms with Crippen LogP contribution in [0.3, 0.4) is 0 Å². The standard InChI is InChI=1S/C9H8N6O/c10-7-5(8(11)16)3-14-9(15-7)6-4-12-1-2-13-6/h1-4H,(H2,11,16)(H2,10,14,15). The largest absolute Gasteiger partial charge is 0.383 e. The van der Waals surface area contributed by atoms with Gasteiger partial charge in [0.1, 0.15) is 11.5 Å². The summed E-state index contributed by atoms with van der Waals surface area (Å²) in [7, 11) is 0. The molecule has 2 aromatic heterocycles. The highest BCUT2D eigenvalue weighted by atomic mass is 16.1. The first-order valence-electron chi connectivity index (χ1n) is 4.37. The van der Waals surface area contributed by atoms with Crippen LogP contribution in [0.15, 0.2) is 24.8 Å². The van der Waals surface area contributed by atoms with E-state index in [-0.39, 0.29) is 11.4 Å². The summed E-state index contributed by atoms with van der Waals surface area (Å²) in [5, 5.41) is 0. The van der Waals surface area contributed by atoms with Crippen molar-refractivity contribution in [2.45, 2.75) is 0 Å². The lowest BCUT2D eigenvalue weighted by Gasteiger charge is -2.02. The number of carbonyl (C=O) groups excluding carboxylic acids is 1. The summed E-state index contributed by atoms with van der Waals surface area (Å²) in [6.07, 6.45) is 5.81. The molecular formula is C9H8N6O. The summed E-state index contributed by atoms with van der Waals surface area (Å²) in [5.74, 6) is -0.332. The minimum Gasteiger partial charge on any atom is -0.383 e. The van der Waals surface area contributed by atoms with Crippen molar-refractivity contribution in [3.63, 3.8) is 0 Å². The summed E-state index contributed by atoms with van der Waals surface area (Å²) in [4.78, 5) is 26.6. The zero-order valence-corrected chi connectivity index (χ0v) is 8.16. The van der Waals surface area contributed by atoms with Crippen LogP contribution in [-0.2, 0) is 0 Å². The van der Waals surface area contributed by atoms with Crippen LogP contribution >= 0.6 is 0 Å². The summed E-state index contributed by atoms with van der Waals surface area (Å²) < 4.78 is 0. The van der Waals surface area contributed by atoms with Crippen molar-refractivity contribution in [2.75, 3.05) is 5.73 Å². The Morgan fingerprint density at radius 2 is 2.00 bits per heavy atom. The summed E-state index contributed by atoms with van der Waals surface area (Å²) in [5.41, 5.74) is 11.2. The highest BCUT2D eigenvalue weighted by Gasteiger charge is 2.10. The van der Waals surface area contributed by atoms with Crippen molar-refractivity contribution < 1.29 is 4.79 Å². The second-order valence-electron chi connectivity index (χ2n) is 2.95. The maximum atomic E-state index is 10.9. The third-order valence-corrected chi connectivity index (χ3v) is 1.88. The molecule has 2 aromatic rings. The normalized spacial score (nSPS) is 10.0. The van der Waals surface area contributed by atoms with Gasteiger partial charge in [-0.2, -0.15) is 0 Å². The number of nitrogens with zero attached hydrogens (tertiary/aromatic N) is 4. The lowest BCUT2D eigenvalue weighted by atomic mass is 10.3. The van der Waals surface area contributed by atoms with Gasteiger partial charge in [0.2, 0.25) is 0 Å². The molecule has 0 aliphatic rings. The number of nitrogens with two attached hydrogens (primary N) is 2. The Hall–Kier alpha value is -2.57. The van der Waals surface area contributed by atoms with Crippen LogP contribution in [0.5, 0.6) is 0 Å². The fourth-order valence-electron chi connectivity index (χ4n) is 1.12. The van der Waals surface area contributed by atoms with Crippen molar-refractivity contribution in [2.24, 2.45) is 5.73 Å². The van der Waals surface area contributed by atoms with Gasteiger partial charge in [-0.05, 0) is 0 Å². The Labute approximate surface area is 90.6 Å². The zero-order valence-electron chi connectivity index (χ0n) is 8.16. The van der Waals surface area contributed by atoms with E-state index in [1.165, 1.54) is 24.8 Å². The average molecular weight is 216 g/mol. The van der Waals surface area contributed by atoms with Gasteiger partial charge < -0.3 is 11.5 Å². The highest BCUT2D eigenvalue weighted by molar-refractivity contribution is 5.96. The van der Waals surface area contributed by atoms with Crippen molar-refractivity contribution >= 4 is 11.7 Å². The molecule has 0 aliphatic heterocycles. The van der Waals surface area contributed by atoms with E-state index in [1.807, 2.05) is 0 Å². The lowest BCUT2D eigenvalue weighted by molar-refractivity contribution is 0.100. The fraction of sp³-hybridized carbons (Fsp3) is 0. The van der Waals surface area contributed by atoms with Gasteiger partial charge in [0.05, 0.1) is 11.8 Å². The van der Waals surface area contributed by atoms with Gasteiger partial charge in [-0.25, -0.2) is 15.0 Å². The Morgan fingerprint density at radius 3 is 2.56 bits per heavy atom. The second-order valence-corrected chi connectivity index (χ2v) is 2.95. The third kappa shape index (κ3) is 1.78. The first-order valence-corrected chi connectivity index (χ1v) is 4.37. The van der Waals surface area contributed by atoms with Crippen molar-refractivity contribution in [3.8, 4) is 11.5 Å². The molecule has 0 saturated carbocycles. The first-order chi connectivity index (χ1) is 7.68. The number of carbonyl (C=O) groups is 1. The molecule has 0 aromatic carbocycles. The summed E-state index contributed by atoms with van der Waals surface area (Å²) in [6.45, 7) is 0. The van der Waals surface area contributed by atoms with E-state index in [4.69, 9.17) is 11.5 Å². The Kier molecular flexibility index (Phi) is 2.42. The molecule has 2 heterocycles. The van der Waals surface area contributed by atoms with E-state index in [9.17, 15) is 4.79 Å². The molecule has 0 radical (unpaired) electrons. The number of hydrogen-bond donors (Lipinski definition) is 2. The molecule has 80 valence electrons. The van der Waals surface area contributed by atoms with Gasteiger partial charge >= 0.3 is 0 Å². The number of aromatic nitrogens is 4. The molecule has 7 nitrogen and oxygen atoms in total. The molecule has 0 aliphatic carbocycles. The monoisotopic (exact) mass is 216 g/mol. The highest BCUT2D eigenvalue weighted by Crippen LogP contribution is 2.13. The van der Waals surface area contributed by atoms with E-state index < -0.39 is 5.91 Å². The van der Waals surface area contributed by atoms with E-state index in [0.717, 1.165) is 0 Å². The molecule has 0 saturated heterocycles. The van der Waals surface area contributed by atoms with E-state index in [1.54, 1.807) is 0 Å². The predicted molar refractivity (Wildman–Crippen MR) is 56.0 cm³/mol. The maximum Gasteiger partial charge on any atom is 0.254 e. The van der Waals surface area contributed by atoms with Gasteiger partial charge in [0.25, 0.3) is 5.91 Å². The zero-order chi connectivity index (χ0) is 11.5. The van der Waals surface area contributed by atoms with Crippen LogP contribution < -0.4 is 11.5 Å². The van der Waals surface area contributed by atoms with E-state index >= 15 is 0 Å². The summed E-state index contributed by atoms with van der Waals surface area (Å²) in [6, 6.07) is 0. The molecule has 16 heavy (non-hydrogen) atoms. The molecule has 0 atom stereocenters. The SMILES string of the molecule is NC(=O)c1cnc(-c2cnccn2)nc1N. The number of primary amides is 1. The van der Waals surface area contributed by atoms with Crippen LogP contribution in [0.25, 0.3) is 11.5 Å². The average Bonchev–Trinajstić information content (AvgIpc) is 2.29. The second kappa shape index (κ2) is 3.89. The lowest BCUT2D eigenvalue weighted by Crippen LogP contribution is -2.15. The quantitative estimate of drug-likeness (QED) is 0.705. The van der Waals surface area contributed by atoms with Crippen LogP contribution in [0.4, 0.5) is 5.82 Å². The molecule has 7 heteroatoms. The fourth-order valence-corrected chi connectivity index (χ4v) is 1.12. The summed E-state index contributed by atoms with van der Waals surface area (Å²) >= 11 is 0. The van der Waals surface area contributed by atoms with Gasteiger partial charge in [-0.3, -0.25) is 9.78 Å². The number of anilines is 1. The number of rotatable bonds is 2. The van der Waals surface area contributed by atoms with Crippen molar-refractivity contribution in [3.05, 3.63) is 30.4 Å². The third-order valence-electron chi connectivity index (χ3n) is 1.88. The van der Waals surface area contributed by atoms with Crippen molar-refractivity contribution in [1.29, 1.82) is 0 Å². The van der Waals surface area contributed by atoms with Crippen LogP contribution in [-0.4, -0.2) is 25.8 Å². The molecular weight excluding hydrogens is 208 g/mol. The van der Waals surface area contributed by atoms with Gasteiger partial charge in [-0.15, -0.1) is 0 Å².